The second-order valence-corrected chi connectivity index (χ2v) is 5.67. The van der Waals surface area contributed by atoms with Crippen LogP contribution in [0.2, 0.25) is 0 Å². The van der Waals surface area contributed by atoms with Gasteiger partial charge in [0.25, 0.3) is 0 Å². The van der Waals surface area contributed by atoms with Crippen LogP contribution in [-0.4, -0.2) is 16.6 Å². The molecule has 0 saturated carbocycles. The molecule has 0 aliphatic carbocycles. The van der Waals surface area contributed by atoms with Gasteiger partial charge in [0.05, 0.1) is 17.6 Å². The Kier molecular flexibility index (Phi) is 3.28. The predicted octanol–water partition coefficient (Wildman–Crippen LogP) is 3.65. The summed E-state index contributed by atoms with van der Waals surface area (Å²) >= 11 is 1.62. The van der Waals surface area contributed by atoms with Crippen LogP contribution in [-0.2, 0) is 0 Å². The van der Waals surface area contributed by atoms with Gasteiger partial charge in [-0.1, -0.05) is 12.1 Å². The van der Waals surface area contributed by atoms with E-state index in [-0.39, 0.29) is 0 Å². The molecule has 0 fully saturated rings. The van der Waals surface area contributed by atoms with Crippen molar-refractivity contribution in [2.75, 3.05) is 12.3 Å². The van der Waals surface area contributed by atoms with E-state index in [1.165, 1.54) is 4.88 Å². The minimum atomic E-state index is 0.514. The summed E-state index contributed by atoms with van der Waals surface area (Å²) in [4.78, 5) is 11.1. The highest BCUT2D eigenvalue weighted by Crippen LogP contribution is 2.32. The Morgan fingerprint density at radius 3 is 2.85 bits per heavy atom. The first-order chi connectivity index (χ1) is 9.69. The van der Waals surface area contributed by atoms with Gasteiger partial charge in [0, 0.05) is 4.88 Å². The molecule has 0 bridgehead atoms. The minimum absolute atomic E-state index is 0.514. The van der Waals surface area contributed by atoms with E-state index < -0.39 is 0 Å². The number of anilines is 1. The van der Waals surface area contributed by atoms with Crippen molar-refractivity contribution in [2.24, 2.45) is 0 Å². The topological polar surface area (TPSA) is 61.0 Å². The molecular weight excluding hydrogens is 270 g/mol. The lowest BCUT2D eigenvalue weighted by Gasteiger charge is -2.09. The van der Waals surface area contributed by atoms with Crippen molar-refractivity contribution in [3.63, 3.8) is 0 Å². The van der Waals surface area contributed by atoms with Crippen molar-refractivity contribution in [1.29, 1.82) is 0 Å². The Morgan fingerprint density at radius 2 is 2.05 bits per heavy atom. The molecule has 2 heterocycles. The Hall–Kier alpha value is -2.14. The highest BCUT2D eigenvalue weighted by molar-refractivity contribution is 7.18. The maximum absolute atomic E-state index is 6.05. The third-order valence-electron chi connectivity index (χ3n) is 2.97. The van der Waals surface area contributed by atoms with E-state index >= 15 is 0 Å². The number of thiophene rings is 1. The second-order valence-electron chi connectivity index (χ2n) is 4.44. The van der Waals surface area contributed by atoms with Crippen molar-refractivity contribution in [2.45, 2.75) is 13.8 Å². The fourth-order valence-corrected chi connectivity index (χ4v) is 3.00. The van der Waals surface area contributed by atoms with Crippen LogP contribution in [0.4, 0.5) is 5.82 Å². The molecule has 102 valence electrons. The lowest BCUT2D eigenvalue weighted by molar-refractivity contribution is 0.341. The van der Waals surface area contributed by atoms with Crippen LogP contribution < -0.4 is 10.5 Å². The number of ether oxygens (including phenoxy) is 1. The first kappa shape index (κ1) is 12.9. The number of rotatable bonds is 3. The molecule has 0 saturated heterocycles. The molecule has 5 heteroatoms. The Labute approximate surface area is 121 Å². The fraction of sp³-hybridized carbons (Fsp3) is 0.200. The van der Waals surface area contributed by atoms with E-state index in [0.717, 1.165) is 21.5 Å². The Morgan fingerprint density at radius 1 is 1.25 bits per heavy atom. The average Bonchev–Trinajstić information content (AvgIpc) is 2.81. The smallest absolute Gasteiger partial charge is 0.166 e. The molecule has 2 aromatic heterocycles. The van der Waals surface area contributed by atoms with Crippen LogP contribution in [0.3, 0.4) is 0 Å². The first-order valence-corrected chi connectivity index (χ1v) is 7.26. The quantitative estimate of drug-likeness (QED) is 0.798. The zero-order valence-corrected chi connectivity index (χ0v) is 12.2. The summed E-state index contributed by atoms with van der Waals surface area (Å²) in [7, 11) is 0. The number of nitrogen functional groups attached to an aromatic ring is 1. The zero-order valence-electron chi connectivity index (χ0n) is 11.4. The van der Waals surface area contributed by atoms with Crippen LogP contribution in [0.5, 0.6) is 5.75 Å². The van der Waals surface area contributed by atoms with Gasteiger partial charge in [-0.05, 0) is 32.0 Å². The van der Waals surface area contributed by atoms with Gasteiger partial charge in [0.2, 0.25) is 0 Å². The number of para-hydroxylation sites is 1. The van der Waals surface area contributed by atoms with Crippen molar-refractivity contribution >= 4 is 27.4 Å². The maximum atomic E-state index is 6.05. The van der Waals surface area contributed by atoms with Gasteiger partial charge in [0.1, 0.15) is 16.4 Å². The third kappa shape index (κ3) is 2.20. The summed E-state index contributed by atoms with van der Waals surface area (Å²) in [5.41, 5.74) is 6.92. The molecular formula is C15H15N3OS. The predicted molar refractivity (Wildman–Crippen MR) is 83.2 cm³/mol. The summed E-state index contributed by atoms with van der Waals surface area (Å²) in [6, 6.07) is 9.77. The van der Waals surface area contributed by atoms with Gasteiger partial charge in [-0.15, -0.1) is 11.3 Å². The number of nitrogens with zero attached hydrogens (tertiary/aromatic N) is 2. The molecule has 4 nitrogen and oxygen atoms in total. The molecule has 0 aliphatic heterocycles. The van der Waals surface area contributed by atoms with E-state index in [2.05, 4.69) is 9.97 Å². The van der Waals surface area contributed by atoms with Gasteiger partial charge in [-0.25, -0.2) is 9.97 Å². The summed E-state index contributed by atoms with van der Waals surface area (Å²) in [5, 5.41) is 0.921. The second kappa shape index (κ2) is 5.09. The molecule has 0 radical (unpaired) electrons. The Balaban J connectivity index is 2.19. The summed E-state index contributed by atoms with van der Waals surface area (Å²) in [5.74, 6) is 1.91. The SMILES string of the molecule is CCOc1ccccc1-c1nc(N)c2cc(C)sc2n1. The molecule has 0 spiro atoms. The van der Waals surface area contributed by atoms with Crippen LogP contribution >= 0.6 is 11.3 Å². The molecule has 3 rings (SSSR count). The van der Waals surface area contributed by atoms with Gasteiger partial charge in [0.15, 0.2) is 5.82 Å². The van der Waals surface area contributed by atoms with E-state index in [0.29, 0.717) is 18.2 Å². The van der Waals surface area contributed by atoms with Crippen LogP contribution in [0, 0.1) is 6.92 Å². The van der Waals surface area contributed by atoms with E-state index in [9.17, 15) is 0 Å². The number of aromatic nitrogens is 2. The first-order valence-electron chi connectivity index (χ1n) is 6.45. The monoisotopic (exact) mass is 285 g/mol. The third-order valence-corrected chi connectivity index (χ3v) is 3.92. The van der Waals surface area contributed by atoms with Crippen molar-refractivity contribution < 1.29 is 4.74 Å². The fourth-order valence-electron chi connectivity index (χ4n) is 2.12. The normalized spacial score (nSPS) is 10.9. The van der Waals surface area contributed by atoms with E-state index in [4.69, 9.17) is 10.5 Å². The lowest BCUT2D eigenvalue weighted by Crippen LogP contribution is -1.99. The van der Waals surface area contributed by atoms with Crippen LogP contribution in [0.25, 0.3) is 21.6 Å². The molecule has 1 aromatic carbocycles. The summed E-state index contributed by atoms with van der Waals surface area (Å²) in [6.07, 6.45) is 0. The maximum Gasteiger partial charge on any atom is 0.166 e. The number of hydrogen-bond donors (Lipinski definition) is 1. The van der Waals surface area contributed by atoms with Crippen molar-refractivity contribution in [3.05, 3.63) is 35.2 Å². The van der Waals surface area contributed by atoms with Crippen molar-refractivity contribution in [1.82, 2.24) is 9.97 Å². The number of aryl methyl sites for hydroxylation is 1. The van der Waals surface area contributed by atoms with Crippen molar-refractivity contribution in [3.8, 4) is 17.1 Å². The lowest BCUT2D eigenvalue weighted by atomic mass is 10.2. The van der Waals surface area contributed by atoms with Gasteiger partial charge < -0.3 is 10.5 Å². The largest absolute Gasteiger partial charge is 0.493 e. The molecule has 0 unspecified atom stereocenters. The Bertz CT molecular complexity index is 767. The summed E-state index contributed by atoms with van der Waals surface area (Å²) in [6.45, 7) is 4.60. The zero-order chi connectivity index (χ0) is 14.1. The van der Waals surface area contributed by atoms with Crippen LogP contribution in [0.15, 0.2) is 30.3 Å². The number of benzene rings is 1. The van der Waals surface area contributed by atoms with Gasteiger partial charge in [-0.2, -0.15) is 0 Å². The minimum Gasteiger partial charge on any atom is -0.493 e. The highest BCUT2D eigenvalue weighted by atomic mass is 32.1. The standard InChI is InChI=1S/C15H15N3OS/c1-3-19-12-7-5-4-6-10(12)14-17-13(16)11-8-9(2)20-15(11)18-14/h4-8H,3H2,1-2H3,(H2,16,17,18). The molecule has 0 amide bonds. The molecule has 0 aliphatic rings. The molecule has 2 N–H and O–H groups in total. The van der Waals surface area contributed by atoms with Gasteiger partial charge >= 0.3 is 0 Å². The number of nitrogens with two attached hydrogens (primary N) is 1. The summed E-state index contributed by atoms with van der Waals surface area (Å²) < 4.78 is 5.63. The molecule has 20 heavy (non-hydrogen) atoms. The molecule has 3 aromatic rings. The highest BCUT2D eigenvalue weighted by Gasteiger charge is 2.13. The van der Waals surface area contributed by atoms with Gasteiger partial charge in [-0.3, -0.25) is 0 Å². The molecule has 0 atom stereocenters. The van der Waals surface area contributed by atoms with E-state index in [1.54, 1.807) is 11.3 Å². The number of fused-ring (bicyclic) bond motifs is 1. The van der Waals surface area contributed by atoms with Crippen LogP contribution in [0.1, 0.15) is 11.8 Å². The average molecular weight is 285 g/mol. The number of hydrogen-bond acceptors (Lipinski definition) is 5. The van der Waals surface area contributed by atoms with E-state index in [1.807, 2.05) is 44.2 Å².